The number of hydrogen-bond donors (Lipinski definition) is 2. The van der Waals surface area contributed by atoms with Gasteiger partial charge in [-0.1, -0.05) is 39.0 Å². The lowest BCUT2D eigenvalue weighted by molar-refractivity contribution is -0.125. The summed E-state index contributed by atoms with van der Waals surface area (Å²) in [5.41, 5.74) is 0. The molecule has 0 aromatic carbocycles. The Labute approximate surface area is 129 Å². The van der Waals surface area contributed by atoms with Gasteiger partial charge in [0.05, 0.1) is 6.10 Å². The number of carbonyl (C=O) groups is 1. The van der Waals surface area contributed by atoms with E-state index in [2.05, 4.69) is 10.2 Å². The second kappa shape index (κ2) is 8.74. The molecule has 0 radical (unpaired) electrons. The van der Waals surface area contributed by atoms with Crippen LogP contribution in [0.3, 0.4) is 0 Å². The summed E-state index contributed by atoms with van der Waals surface area (Å²) in [4.78, 5) is 14.4. The first-order valence-electron chi connectivity index (χ1n) is 8.83. The van der Waals surface area contributed by atoms with Gasteiger partial charge in [0, 0.05) is 19.0 Å². The molecule has 1 saturated carbocycles. The molecule has 21 heavy (non-hydrogen) atoms. The maximum absolute atomic E-state index is 12.1. The summed E-state index contributed by atoms with van der Waals surface area (Å²) in [5, 5.41) is 13.0. The van der Waals surface area contributed by atoms with Gasteiger partial charge < -0.3 is 15.3 Å². The van der Waals surface area contributed by atoms with Gasteiger partial charge in [-0.25, -0.2) is 0 Å². The molecule has 0 spiro atoms. The number of hydrogen-bond acceptors (Lipinski definition) is 3. The predicted molar refractivity (Wildman–Crippen MR) is 85.0 cm³/mol. The number of aliphatic hydroxyl groups excluding tert-OH is 1. The second-order valence-electron chi connectivity index (χ2n) is 7.05. The Morgan fingerprint density at radius 2 is 1.86 bits per heavy atom. The molecule has 122 valence electrons. The fraction of sp³-hybridized carbons (Fsp3) is 0.941. The lowest BCUT2D eigenvalue weighted by Crippen LogP contribution is -2.43. The Morgan fingerprint density at radius 3 is 2.52 bits per heavy atom. The zero-order valence-electron chi connectivity index (χ0n) is 13.5. The third kappa shape index (κ3) is 5.95. The number of aliphatic hydroxyl groups is 1. The molecule has 2 fully saturated rings. The monoisotopic (exact) mass is 296 g/mol. The van der Waals surface area contributed by atoms with Gasteiger partial charge in [0.1, 0.15) is 0 Å². The highest BCUT2D eigenvalue weighted by atomic mass is 16.3. The van der Waals surface area contributed by atoms with E-state index in [-0.39, 0.29) is 11.8 Å². The summed E-state index contributed by atoms with van der Waals surface area (Å²) in [6.07, 6.45) is 9.57. The molecule has 4 heteroatoms. The molecule has 0 unspecified atom stereocenters. The predicted octanol–water partition coefficient (Wildman–Crippen LogP) is 2.17. The van der Waals surface area contributed by atoms with Crippen molar-refractivity contribution in [2.24, 2.45) is 11.8 Å². The molecule has 0 aromatic rings. The lowest BCUT2D eigenvalue weighted by Gasteiger charge is -2.28. The molecule has 1 aliphatic heterocycles. The van der Waals surface area contributed by atoms with Crippen LogP contribution in [0.4, 0.5) is 0 Å². The molecule has 1 amide bonds. The molecule has 4 nitrogen and oxygen atoms in total. The van der Waals surface area contributed by atoms with E-state index >= 15 is 0 Å². The zero-order chi connectivity index (χ0) is 15.1. The third-order valence-corrected chi connectivity index (χ3v) is 5.04. The van der Waals surface area contributed by atoms with Crippen LogP contribution in [-0.2, 0) is 4.79 Å². The second-order valence-corrected chi connectivity index (χ2v) is 7.05. The average Bonchev–Trinajstić information content (AvgIpc) is 2.98. The quantitative estimate of drug-likeness (QED) is 0.757. The fourth-order valence-electron chi connectivity index (χ4n) is 3.75. The Kier molecular flexibility index (Phi) is 6.97. The van der Waals surface area contributed by atoms with E-state index < -0.39 is 6.10 Å². The van der Waals surface area contributed by atoms with Crippen molar-refractivity contribution >= 4 is 5.91 Å². The van der Waals surface area contributed by atoms with Crippen LogP contribution in [0.15, 0.2) is 0 Å². The largest absolute Gasteiger partial charge is 0.390 e. The first kappa shape index (κ1) is 16.8. The molecule has 0 bridgehead atoms. The third-order valence-electron chi connectivity index (χ3n) is 5.04. The average molecular weight is 296 g/mol. The van der Waals surface area contributed by atoms with Crippen molar-refractivity contribution in [3.8, 4) is 0 Å². The number of likely N-dealkylation sites (tertiary alicyclic amines) is 1. The zero-order valence-corrected chi connectivity index (χ0v) is 13.5. The maximum atomic E-state index is 12.1. The van der Waals surface area contributed by atoms with Crippen LogP contribution in [0.2, 0.25) is 0 Å². The van der Waals surface area contributed by atoms with Crippen molar-refractivity contribution in [2.75, 3.05) is 26.2 Å². The van der Waals surface area contributed by atoms with Crippen molar-refractivity contribution < 1.29 is 9.90 Å². The number of piperidine rings is 1. The van der Waals surface area contributed by atoms with E-state index in [1.54, 1.807) is 0 Å². The summed E-state index contributed by atoms with van der Waals surface area (Å²) in [7, 11) is 0. The number of rotatable bonds is 7. The summed E-state index contributed by atoms with van der Waals surface area (Å²) in [6.45, 7) is 5.28. The number of nitrogens with one attached hydrogen (secondary N) is 1. The Balaban J connectivity index is 1.60. The van der Waals surface area contributed by atoms with E-state index in [4.69, 9.17) is 0 Å². The van der Waals surface area contributed by atoms with E-state index in [0.29, 0.717) is 13.1 Å². The Bertz CT molecular complexity index is 310. The molecule has 1 saturated heterocycles. The van der Waals surface area contributed by atoms with Crippen LogP contribution < -0.4 is 5.32 Å². The minimum absolute atomic E-state index is 0.0790. The van der Waals surface area contributed by atoms with Crippen molar-refractivity contribution in [3.05, 3.63) is 0 Å². The number of β-amino-alcohol motifs (C(OH)–C–C–N with tert-alkyl or cyclic N) is 1. The summed E-state index contributed by atoms with van der Waals surface area (Å²) >= 11 is 0. The van der Waals surface area contributed by atoms with Crippen molar-refractivity contribution in [3.63, 3.8) is 0 Å². The number of nitrogens with zero attached hydrogens (tertiary/aromatic N) is 1. The van der Waals surface area contributed by atoms with Crippen LogP contribution in [0.5, 0.6) is 0 Å². The van der Waals surface area contributed by atoms with Gasteiger partial charge in [-0.05, 0) is 38.3 Å². The van der Waals surface area contributed by atoms with Crippen molar-refractivity contribution in [2.45, 2.75) is 64.4 Å². The van der Waals surface area contributed by atoms with E-state index in [1.165, 1.54) is 44.9 Å². The molecule has 2 rings (SSSR count). The molecule has 1 heterocycles. The number of carbonyl (C=O) groups excluding carboxylic acids is 1. The summed E-state index contributed by atoms with van der Waals surface area (Å²) in [6, 6.07) is 0. The van der Waals surface area contributed by atoms with Crippen molar-refractivity contribution in [1.82, 2.24) is 10.2 Å². The fourth-order valence-corrected chi connectivity index (χ4v) is 3.75. The maximum Gasteiger partial charge on any atom is 0.222 e. The molecule has 2 atom stereocenters. The number of amides is 1. The van der Waals surface area contributed by atoms with Gasteiger partial charge in [0.15, 0.2) is 0 Å². The van der Waals surface area contributed by atoms with Crippen LogP contribution in [0, 0.1) is 11.8 Å². The summed E-state index contributed by atoms with van der Waals surface area (Å²) in [5.74, 6) is 0.930. The minimum Gasteiger partial charge on any atom is -0.390 e. The van der Waals surface area contributed by atoms with E-state index in [1.807, 2.05) is 6.92 Å². The van der Waals surface area contributed by atoms with Gasteiger partial charge in [0.2, 0.25) is 5.91 Å². The molecular formula is C17H32N2O2. The van der Waals surface area contributed by atoms with Crippen LogP contribution in [0.25, 0.3) is 0 Å². The lowest BCUT2D eigenvalue weighted by atomic mass is 9.94. The molecule has 2 aliphatic rings. The normalized spacial score (nSPS) is 23.9. The van der Waals surface area contributed by atoms with Crippen molar-refractivity contribution in [1.29, 1.82) is 0 Å². The van der Waals surface area contributed by atoms with E-state index in [0.717, 1.165) is 25.4 Å². The molecule has 2 N–H and O–H groups in total. The summed E-state index contributed by atoms with van der Waals surface area (Å²) < 4.78 is 0. The van der Waals surface area contributed by atoms with Crippen LogP contribution in [0.1, 0.15) is 58.3 Å². The van der Waals surface area contributed by atoms with Crippen LogP contribution >= 0.6 is 0 Å². The van der Waals surface area contributed by atoms with Gasteiger partial charge in [-0.15, -0.1) is 0 Å². The SMILES string of the molecule is C[C@@H](CC1CCCC1)C(=O)NC[C@H](O)CN1CCCCC1. The Hall–Kier alpha value is -0.610. The first-order valence-corrected chi connectivity index (χ1v) is 8.83. The van der Waals surface area contributed by atoms with Crippen LogP contribution in [-0.4, -0.2) is 48.2 Å². The Morgan fingerprint density at radius 1 is 1.19 bits per heavy atom. The molecule has 0 aromatic heterocycles. The highest BCUT2D eigenvalue weighted by Gasteiger charge is 2.22. The highest BCUT2D eigenvalue weighted by molar-refractivity contribution is 5.78. The molecular weight excluding hydrogens is 264 g/mol. The van der Waals surface area contributed by atoms with Gasteiger partial charge in [0.25, 0.3) is 0 Å². The first-order chi connectivity index (χ1) is 10.1. The van der Waals surface area contributed by atoms with Gasteiger partial charge >= 0.3 is 0 Å². The van der Waals surface area contributed by atoms with E-state index in [9.17, 15) is 9.90 Å². The minimum atomic E-state index is -0.439. The standard InChI is InChI=1S/C17H32N2O2/c1-14(11-15-7-3-4-8-15)17(21)18-12-16(20)13-19-9-5-2-6-10-19/h14-16,20H,2-13H2,1H3,(H,18,21)/t14-,16-/m0/s1. The topological polar surface area (TPSA) is 52.6 Å². The van der Waals surface area contributed by atoms with Gasteiger partial charge in [-0.2, -0.15) is 0 Å². The van der Waals surface area contributed by atoms with Gasteiger partial charge in [-0.3, -0.25) is 4.79 Å². The molecule has 1 aliphatic carbocycles. The highest BCUT2D eigenvalue weighted by Crippen LogP contribution is 2.30. The smallest absolute Gasteiger partial charge is 0.222 e.